The van der Waals surface area contributed by atoms with Crippen molar-refractivity contribution in [1.29, 1.82) is 0 Å². The zero-order chi connectivity index (χ0) is 7.56. The second kappa shape index (κ2) is 3.75. The van der Waals surface area contributed by atoms with E-state index in [1.54, 1.807) is 0 Å². The van der Waals surface area contributed by atoms with Crippen LogP contribution in [0.25, 0.3) is 0 Å². The van der Waals surface area contributed by atoms with E-state index in [1.165, 1.54) is 24.6 Å². The SMILES string of the molecule is CCC1CC(CC)C1CBr. The Kier molecular flexibility index (Phi) is 3.22. The summed E-state index contributed by atoms with van der Waals surface area (Å²) in [5, 5.41) is 1.23. The number of rotatable bonds is 3. The van der Waals surface area contributed by atoms with Crippen LogP contribution in [0.1, 0.15) is 33.1 Å². The molecule has 0 spiro atoms. The fourth-order valence-corrected chi connectivity index (χ4v) is 3.18. The largest absolute Gasteiger partial charge is 0.0925 e. The molecule has 0 heterocycles. The third-order valence-corrected chi connectivity index (χ3v) is 3.79. The van der Waals surface area contributed by atoms with Crippen molar-refractivity contribution in [3.8, 4) is 0 Å². The van der Waals surface area contributed by atoms with E-state index in [2.05, 4.69) is 29.8 Å². The Morgan fingerprint density at radius 3 is 2.00 bits per heavy atom. The maximum atomic E-state index is 3.59. The summed E-state index contributed by atoms with van der Waals surface area (Å²) in [5.41, 5.74) is 0. The van der Waals surface area contributed by atoms with Crippen molar-refractivity contribution >= 4 is 15.9 Å². The minimum atomic E-state index is 0.995. The molecular weight excluding hydrogens is 188 g/mol. The number of hydrogen-bond acceptors (Lipinski definition) is 0. The van der Waals surface area contributed by atoms with Crippen molar-refractivity contribution in [3.63, 3.8) is 0 Å². The molecule has 0 nitrogen and oxygen atoms in total. The molecule has 0 saturated heterocycles. The maximum Gasteiger partial charge on any atom is 0.00649 e. The first kappa shape index (κ1) is 8.58. The van der Waals surface area contributed by atoms with Gasteiger partial charge in [-0.05, 0) is 24.2 Å². The Balaban J connectivity index is 2.30. The first-order valence-corrected chi connectivity index (χ1v) is 5.51. The molecule has 1 aliphatic carbocycles. The van der Waals surface area contributed by atoms with E-state index in [4.69, 9.17) is 0 Å². The minimum absolute atomic E-state index is 0.995. The summed E-state index contributed by atoms with van der Waals surface area (Å²) < 4.78 is 0. The molecule has 1 saturated carbocycles. The van der Waals surface area contributed by atoms with Crippen molar-refractivity contribution in [2.24, 2.45) is 17.8 Å². The lowest BCUT2D eigenvalue weighted by Gasteiger charge is -2.43. The van der Waals surface area contributed by atoms with Gasteiger partial charge in [0.2, 0.25) is 0 Å². The Morgan fingerprint density at radius 1 is 1.20 bits per heavy atom. The van der Waals surface area contributed by atoms with Crippen molar-refractivity contribution in [3.05, 3.63) is 0 Å². The fraction of sp³-hybridized carbons (Fsp3) is 1.00. The summed E-state index contributed by atoms with van der Waals surface area (Å²) in [6, 6.07) is 0. The molecule has 0 aromatic rings. The van der Waals surface area contributed by atoms with Crippen molar-refractivity contribution in [2.75, 3.05) is 5.33 Å². The lowest BCUT2D eigenvalue weighted by molar-refractivity contribution is 0.0863. The molecule has 1 fully saturated rings. The Labute approximate surface area is 72.5 Å². The monoisotopic (exact) mass is 204 g/mol. The highest BCUT2D eigenvalue weighted by Crippen LogP contribution is 2.44. The van der Waals surface area contributed by atoms with Crippen molar-refractivity contribution < 1.29 is 0 Å². The third kappa shape index (κ3) is 1.39. The zero-order valence-corrected chi connectivity index (χ0v) is 8.52. The molecule has 1 heteroatoms. The molecule has 0 aromatic heterocycles. The topological polar surface area (TPSA) is 0 Å². The van der Waals surface area contributed by atoms with E-state index >= 15 is 0 Å². The molecule has 0 aliphatic heterocycles. The summed E-state index contributed by atoms with van der Waals surface area (Å²) in [5.74, 6) is 3.06. The Morgan fingerprint density at radius 2 is 1.70 bits per heavy atom. The van der Waals surface area contributed by atoms with Gasteiger partial charge in [-0.15, -0.1) is 0 Å². The van der Waals surface area contributed by atoms with Gasteiger partial charge in [-0.3, -0.25) is 0 Å². The normalized spacial score (nSPS) is 39.3. The highest BCUT2D eigenvalue weighted by Gasteiger charge is 2.37. The van der Waals surface area contributed by atoms with Crippen LogP contribution in [0.5, 0.6) is 0 Å². The molecule has 1 rings (SSSR count). The first-order valence-electron chi connectivity index (χ1n) is 4.39. The molecule has 10 heavy (non-hydrogen) atoms. The molecular formula is C9H17Br. The van der Waals surface area contributed by atoms with E-state index in [1.807, 2.05) is 0 Å². The van der Waals surface area contributed by atoms with E-state index in [0.717, 1.165) is 17.8 Å². The minimum Gasteiger partial charge on any atom is -0.0925 e. The van der Waals surface area contributed by atoms with Crippen LogP contribution in [0, 0.1) is 17.8 Å². The Hall–Kier alpha value is 0.480. The smallest absolute Gasteiger partial charge is 0.00649 e. The summed E-state index contributed by atoms with van der Waals surface area (Å²) >= 11 is 3.59. The molecule has 1 aliphatic rings. The van der Waals surface area contributed by atoms with E-state index in [-0.39, 0.29) is 0 Å². The van der Waals surface area contributed by atoms with E-state index < -0.39 is 0 Å². The Bertz CT molecular complexity index is 90.9. The standard InChI is InChI=1S/C9H17Br/c1-3-7-5-8(4-2)9(7)6-10/h7-9H,3-6H2,1-2H3. The van der Waals surface area contributed by atoms with Gasteiger partial charge >= 0.3 is 0 Å². The number of hydrogen-bond donors (Lipinski definition) is 0. The van der Waals surface area contributed by atoms with Gasteiger partial charge in [-0.25, -0.2) is 0 Å². The summed E-state index contributed by atoms with van der Waals surface area (Å²) in [6.45, 7) is 4.62. The number of halogens is 1. The van der Waals surface area contributed by atoms with Crippen LogP contribution in [0.4, 0.5) is 0 Å². The lowest BCUT2D eigenvalue weighted by atomic mass is 9.64. The van der Waals surface area contributed by atoms with Gasteiger partial charge in [0, 0.05) is 5.33 Å². The van der Waals surface area contributed by atoms with Crippen LogP contribution in [0.15, 0.2) is 0 Å². The molecule has 0 radical (unpaired) electrons. The summed E-state index contributed by atoms with van der Waals surface area (Å²) in [4.78, 5) is 0. The maximum absolute atomic E-state index is 3.59. The highest BCUT2D eigenvalue weighted by atomic mass is 79.9. The van der Waals surface area contributed by atoms with Gasteiger partial charge in [0.25, 0.3) is 0 Å². The van der Waals surface area contributed by atoms with Crippen LogP contribution < -0.4 is 0 Å². The van der Waals surface area contributed by atoms with E-state index in [0.29, 0.717) is 0 Å². The molecule has 0 amide bonds. The van der Waals surface area contributed by atoms with Crippen LogP contribution in [0.3, 0.4) is 0 Å². The third-order valence-electron chi connectivity index (χ3n) is 3.04. The second-order valence-corrected chi connectivity index (χ2v) is 4.04. The predicted molar refractivity (Wildman–Crippen MR) is 49.5 cm³/mol. The predicted octanol–water partition coefficient (Wildman–Crippen LogP) is 3.45. The first-order chi connectivity index (χ1) is 4.83. The van der Waals surface area contributed by atoms with Gasteiger partial charge in [-0.1, -0.05) is 42.6 Å². The molecule has 60 valence electrons. The molecule has 0 bridgehead atoms. The van der Waals surface area contributed by atoms with Gasteiger partial charge in [0.15, 0.2) is 0 Å². The fourth-order valence-electron chi connectivity index (χ4n) is 2.12. The van der Waals surface area contributed by atoms with Gasteiger partial charge < -0.3 is 0 Å². The van der Waals surface area contributed by atoms with Gasteiger partial charge in [0.1, 0.15) is 0 Å². The van der Waals surface area contributed by atoms with Crippen molar-refractivity contribution in [1.82, 2.24) is 0 Å². The second-order valence-electron chi connectivity index (χ2n) is 3.39. The molecule has 2 unspecified atom stereocenters. The molecule has 2 atom stereocenters. The summed E-state index contributed by atoms with van der Waals surface area (Å²) in [6.07, 6.45) is 4.25. The van der Waals surface area contributed by atoms with E-state index in [9.17, 15) is 0 Å². The van der Waals surface area contributed by atoms with Crippen LogP contribution in [0.2, 0.25) is 0 Å². The van der Waals surface area contributed by atoms with Crippen LogP contribution in [-0.2, 0) is 0 Å². The average Bonchev–Trinajstić information content (AvgIpc) is 1.89. The number of alkyl halides is 1. The molecule has 0 N–H and O–H groups in total. The lowest BCUT2D eigenvalue weighted by Crippen LogP contribution is -2.36. The van der Waals surface area contributed by atoms with Crippen LogP contribution in [-0.4, -0.2) is 5.33 Å². The van der Waals surface area contributed by atoms with Gasteiger partial charge in [0.05, 0.1) is 0 Å². The summed E-state index contributed by atoms with van der Waals surface area (Å²) in [7, 11) is 0. The van der Waals surface area contributed by atoms with Crippen LogP contribution >= 0.6 is 15.9 Å². The average molecular weight is 205 g/mol. The molecule has 0 aromatic carbocycles. The highest BCUT2D eigenvalue weighted by molar-refractivity contribution is 9.09. The quantitative estimate of drug-likeness (QED) is 0.619. The van der Waals surface area contributed by atoms with Gasteiger partial charge in [-0.2, -0.15) is 0 Å². The zero-order valence-electron chi connectivity index (χ0n) is 6.94. The van der Waals surface area contributed by atoms with Crippen molar-refractivity contribution in [2.45, 2.75) is 33.1 Å².